The van der Waals surface area contributed by atoms with Crippen LogP contribution in [0, 0.1) is 5.92 Å². The molecule has 0 aliphatic rings. The number of imidazole rings is 1. The standard InChI is InChI=1S/C10H19N3/c1-8(2)4-3-5-9(11)10-12-6-7-13-10/h6-9H,3-5,11H2,1-2H3,(H,12,13). The molecule has 0 saturated carbocycles. The zero-order chi connectivity index (χ0) is 9.68. The predicted octanol–water partition coefficient (Wildman–Crippen LogP) is 2.24. The van der Waals surface area contributed by atoms with E-state index in [4.69, 9.17) is 5.73 Å². The average Bonchev–Trinajstić information content (AvgIpc) is 2.55. The molecule has 0 radical (unpaired) electrons. The maximum absolute atomic E-state index is 5.93. The van der Waals surface area contributed by atoms with Crippen LogP contribution in [0.1, 0.15) is 45.0 Å². The monoisotopic (exact) mass is 181 g/mol. The Morgan fingerprint density at radius 3 is 2.77 bits per heavy atom. The van der Waals surface area contributed by atoms with Crippen molar-refractivity contribution in [2.24, 2.45) is 11.7 Å². The fourth-order valence-electron chi connectivity index (χ4n) is 1.36. The highest BCUT2D eigenvalue weighted by Gasteiger charge is 2.07. The Morgan fingerprint density at radius 2 is 2.23 bits per heavy atom. The zero-order valence-electron chi connectivity index (χ0n) is 8.46. The van der Waals surface area contributed by atoms with Gasteiger partial charge in [0.25, 0.3) is 0 Å². The summed E-state index contributed by atoms with van der Waals surface area (Å²) in [6.45, 7) is 4.47. The van der Waals surface area contributed by atoms with Gasteiger partial charge in [-0.1, -0.05) is 26.7 Å². The third kappa shape index (κ3) is 3.59. The molecular weight excluding hydrogens is 162 g/mol. The maximum atomic E-state index is 5.93. The van der Waals surface area contributed by atoms with E-state index in [0.717, 1.165) is 18.2 Å². The molecule has 74 valence electrons. The van der Waals surface area contributed by atoms with Gasteiger partial charge in [0, 0.05) is 12.4 Å². The quantitative estimate of drug-likeness (QED) is 0.732. The lowest BCUT2D eigenvalue weighted by Gasteiger charge is -2.09. The molecule has 1 aromatic rings. The molecule has 0 saturated heterocycles. The third-order valence-corrected chi connectivity index (χ3v) is 2.17. The summed E-state index contributed by atoms with van der Waals surface area (Å²) < 4.78 is 0. The van der Waals surface area contributed by atoms with Gasteiger partial charge < -0.3 is 10.7 Å². The van der Waals surface area contributed by atoms with Crippen molar-refractivity contribution in [3.05, 3.63) is 18.2 Å². The van der Waals surface area contributed by atoms with E-state index in [9.17, 15) is 0 Å². The van der Waals surface area contributed by atoms with Crippen molar-refractivity contribution in [2.75, 3.05) is 0 Å². The van der Waals surface area contributed by atoms with Crippen LogP contribution in [0.3, 0.4) is 0 Å². The molecule has 0 spiro atoms. The lowest BCUT2D eigenvalue weighted by molar-refractivity contribution is 0.497. The molecule has 1 aromatic heterocycles. The Balaban J connectivity index is 2.22. The van der Waals surface area contributed by atoms with E-state index in [1.54, 1.807) is 6.20 Å². The Bertz CT molecular complexity index is 216. The second-order valence-corrected chi connectivity index (χ2v) is 3.91. The second kappa shape index (κ2) is 5.02. The molecule has 0 fully saturated rings. The minimum Gasteiger partial charge on any atom is -0.347 e. The van der Waals surface area contributed by atoms with E-state index in [1.807, 2.05) is 6.20 Å². The Morgan fingerprint density at radius 1 is 1.46 bits per heavy atom. The number of hydrogen-bond donors (Lipinski definition) is 2. The lowest BCUT2D eigenvalue weighted by atomic mass is 10.0. The molecule has 3 N–H and O–H groups in total. The molecule has 3 nitrogen and oxygen atoms in total. The molecule has 0 amide bonds. The SMILES string of the molecule is CC(C)CCCC(N)c1ncc[nH]1. The van der Waals surface area contributed by atoms with Gasteiger partial charge >= 0.3 is 0 Å². The van der Waals surface area contributed by atoms with Gasteiger partial charge in [0.1, 0.15) is 5.82 Å². The maximum Gasteiger partial charge on any atom is 0.123 e. The second-order valence-electron chi connectivity index (χ2n) is 3.91. The first-order valence-electron chi connectivity index (χ1n) is 4.95. The number of aromatic amines is 1. The summed E-state index contributed by atoms with van der Waals surface area (Å²) in [5.74, 6) is 1.67. The molecule has 3 heteroatoms. The highest BCUT2D eigenvalue weighted by molar-refractivity contribution is 4.93. The highest BCUT2D eigenvalue weighted by Crippen LogP contribution is 2.14. The fourth-order valence-corrected chi connectivity index (χ4v) is 1.36. The molecule has 1 unspecified atom stereocenters. The summed E-state index contributed by atoms with van der Waals surface area (Å²) in [6.07, 6.45) is 7.01. The molecule has 0 aromatic carbocycles. The van der Waals surface area contributed by atoms with E-state index >= 15 is 0 Å². The number of H-pyrrole nitrogens is 1. The predicted molar refractivity (Wildman–Crippen MR) is 54.2 cm³/mol. The summed E-state index contributed by atoms with van der Waals surface area (Å²) in [4.78, 5) is 7.17. The van der Waals surface area contributed by atoms with E-state index in [1.165, 1.54) is 12.8 Å². The smallest absolute Gasteiger partial charge is 0.123 e. The van der Waals surface area contributed by atoms with Crippen LogP contribution in [0.15, 0.2) is 12.4 Å². The van der Waals surface area contributed by atoms with Crippen molar-refractivity contribution in [1.82, 2.24) is 9.97 Å². The fraction of sp³-hybridized carbons (Fsp3) is 0.700. The topological polar surface area (TPSA) is 54.7 Å². The van der Waals surface area contributed by atoms with Crippen LogP contribution in [0.25, 0.3) is 0 Å². The third-order valence-electron chi connectivity index (χ3n) is 2.17. The minimum absolute atomic E-state index is 0.0775. The molecular formula is C10H19N3. The van der Waals surface area contributed by atoms with Gasteiger partial charge in [-0.3, -0.25) is 0 Å². The lowest BCUT2D eigenvalue weighted by Crippen LogP contribution is -2.12. The summed E-state index contributed by atoms with van der Waals surface area (Å²) in [5, 5.41) is 0. The van der Waals surface area contributed by atoms with E-state index in [0.29, 0.717) is 0 Å². The summed E-state index contributed by atoms with van der Waals surface area (Å²) in [7, 11) is 0. The van der Waals surface area contributed by atoms with E-state index in [2.05, 4.69) is 23.8 Å². The van der Waals surface area contributed by atoms with Crippen molar-refractivity contribution < 1.29 is 0 Å². The zero-order valence-corrected chi connectivity index (χ0v) is 8.46. The highest BCUT2D eigenvalue weighted by atomic mass is 14.9. The van der Waals surface area contributed by atoms with Crippen LogP contribution in [-0.2, 0) is 0 Å². The first-order valence-corrected chi connectivity index (χ1v) is 4.95. The van der Waals surface area contributed by atoms with Gasteiger partial charge in [-0.15, -0.1) is 0 Å². The number of nitrogens with zero attached hydrogens (tertiary/aromatic N) is 1. The van der Waals surface area contributed by atoms with Crippen LogP contribution in [0.5, 0.6) is 0 Å². The Labute approximate surface area is 79.8 Å². The van der Waals surface area contributed by atoms with Crippen LogP contribution >= 0.6 is 0 Å². The van der Waals surface area contributed by atoms with Crippen LogP contribution in [-0.4, -0.2) is 9.97 Å². The first kappa shape index (κ1) is 10.3. The van der Waals surface area contributed by atoms with Crippen LogP contribution < -0.4 is 5.73 Å². The number of rotatable bonds is 5. The molecule has 0 aliphatic heterocycles. The largest absolute Gasteiger partial charge is 0.347 e. The van der Waals surface area contributed by atoms with Gasteiger partial charge in [0.15, 0.2) is 0 Å². The normalized spacial score (nSPS) is 13.5. The van der Waals surface area contributed by atoms with Gasteiger partial charge in [-0.2, -0.15) is 0 Å². The molecule has 0 aliphatic carbocycles. The Kier molecular flexibility index (Phi) is 3.96. The number of aromatic nitrogens is 2. The number of hydrogen-bond acceptors (Lipinski definition) is 2. The van der Waals surface area contributed by atoms with Gasteiger partial charge in [0.2, 0.25) is 0 Å². The Hall–Kier alpha value is -0.830. The van der Waals surface area contributed by atoms with Crippen molar-refractivity contribution in [3.8, 4) is 0 Å². The van der Waals surface area contributed by atoms with Gasteiger partial charge in [0.05, 0.1) is 6.04 Å². The van der Waals surface area contributed by atoms with Gasteiger partial charge in [-0.25, -0.2) is 4.98 Å². The van der Waals surface area contributed by atoms with Crippen molar-refractivity contribution in [1.29, 1.82) is 0 Å². The molecule has 1 heterocycles. The van der Waals surface area contributed by atoms with Crippen molar-refractivity contribution in [3.63, 3.8) is 0 Å². The van der Waals surface area contributed by atoms with Crippen molar-refractivity contribution >= 4 is 0 Å². The summed E-state index contributed by atoms with van der Waals surface area (Å²) in [6, 6.07) is 0.0775. The average molecular weight is 181 g/mol. The van der Waals surface area contributed by atoms with E-state index < -0.39 is 0 Å². The van der Waals surface area contributed by atoms with Crippen LogP contribution in [0.2, 0.25) is 0 Å². The number of nitrogens with two attached hydrogens (primary N) is 1. The molecule has 0 bridgehead atoms. The molecule has 13 heavy (non-hydrogen) atoms. The van der Waals surface area contributed by atoms with Gasteiger partial charge in [-0.05, 0) is 12.3 Å². The van der Waals surface area contributed by atoms with Crippen molar-refractivity contribution in [2.45, 2.75) is 39.2 Å². The summed E-state index contributed by atoms with van der Waals surface area (Å²) >= 11 is 0. The number of nitrogens with one attached hydrogen (secondary N) is 1. The minimum atomic E-state index is 0.0775. The molecule has 1 rings (SSSR count). The first-order chi connectivity index (χ1) is 6.20. The van der Waals surface area contributed by atoms with E-state index in [-0.39, 0.29) is 6.04 Å². The summed E-state index contributed by atoms with van der Waals surface area (Å²) in [5.41, 5.74) is 5.93. The van der Waals surface area contributed by atoms with Crippen LogP contribution in [0.4, 0.5) is 0 Å². The molecule has 1 atom stereocenters.